The van der Waals surface area contributed by atoms with Gasteiger partial charge in [-0.15, -0.1) is 0 Å². The van der Waals surface area contributed by atoms with E-state index < -0.39 is 43.3 Å². The number of carbonyl (C=O) groups is 2. The zero-order chi connectivity index (χ0) is 20.0. The number of aliphatic hydroxyl groups is 4. The smallest absolute Gasteiger partial charge is 0.303 e. The Bertz CT molecular complexity index is 533. The lowest BCUT2D eigenvalue weighted by Gasteiger charge is -2.39. The van der Waals surface area contributed by atoms with E-state index in [0.717, 1.165) is 0 Å². The van der Waals surface area contributed by atoms with Crippen LogP contribution in [0.15, 0.2) is 12.2 Å². The molecule has 5 N–H and O–H groups in total. The van der Waals surface area contributed by atoms with Crippen LogP contribution >= 0.6 is 0 Å². The molecule has 2 rings (SSSR count). The molecule has 154 valence electrons. The Morgan fingerprint density at radius 3 is 2.59 bits per heavy atom. The lowest BCUT2D eigenvalue weighted by atomic mass is 9.89. The van der Waals surface area contributed by atoms with Crippen LogP contribution in [0.5, 0.6) is 0 Å². The lowest BCUT2D eigenvalue weighted by molar-refractivity contribution is -0.300. The Morgan fingerprint density at radius 1 is 1.19 bits per heavy atom. The molecule has 2 aliphatic rings. The van der Waals surface area contributed by atoms with E-state index in [0.29, 0.717) is 25.7 Å². The number of aliphatic carboxylic acids is 1. The molecule has 7 atom stereocenters. The topological polar surface area (TPSA) is 154 Å². The summed E-state index contributed by atoms with van der Waals surface area (Å²) in [7, 11) is 0. The van der Waals surface area contributed by atoms with Crippen molar-refractivity contribution in [2.45, 2.75) is 62.8 Å². The van der Waals surface area contributed by atoms with E-state index in [4.69, 9.17) is 19.7 Å². The van der Waals surface area contributed by atoms with Gasteiger partial charge in [0, 0.05) is 18.8 Å². The van der Waals surface area contributed by atoms with Crippen LogP contribution in [-0.4, -0.2) is 81.2 Å². The van der Waals surface area contributed by atoms with Crippen molar-refractivity contribution < 1.29 is 44.6 Å². The van der Waals surface area contributed by atoms with Crippen molar-refractivity contribution in [3.63, 3.8) is 0 Å². The number of carboxylic acids is 1. The van der Waals surface area contributed by atoms with Crippen molar-refractivity contribution in [3.8, 4) is 0 Å². The van der Waals surface area contributed by atoms with Crippen LogP contribution in [0, 0.1) is 11.8 Å². The normalized spacial score (nSPS) is 37.2. The van der Waals surface area contributed by atoms with E-state index in [9.17, 15) is 24.9 Å². The molecule has 9 heteroatoms. The van der Waals surface area contributed by atoms with Crippen molar-refractivity contribution in [2.24, 2.45) is 11.8 Å². The molecule has 0 bridgehead atoms. The average Bonchev–Trinajstić information content (AvgIpc) is 2.96. The highest BCUT2D eigenvalue weighted by Crippen LogP contribution is 2.34. The number of rotatable bonds is 9. The van der Waals surface area contributed by atoms with E-state index in [1.165, 1.54) is 0 Å². The maximum atomic E-state index is 11.9. The number of allylic oxidation sites excluding steroid dienone is 1. The van der Waals surface area contributed by atoms with Gasteiger partial charge in [0.05, 0.1) is 13.2 Å². The third kappa shape index (κ3) is 5.81. The first-order valence-corrected chi connectivity index (χ1v) is 9.16. The summed E-state index contributed by atoms with van der Waals surface area (Å²) >= 11 is 0. The summed E-state index contributed by atoms with van der Waals surface area (Å²) in [4.78, 5) is 22.7. The van der Waals surface area contributed by atoms with Gasteiger partial charge in [0.1, 0.15) is 30.2 Å². The molecule has 1 aliphatic heterocycles. The minimum atomic E-state index is -1.48. The second-order valence-electron chi connectivity index (χ2n) is 7.03. The third-order valence-electron chi connectivity index (χ3n) is 5.15. The first-order chi connectivity index (χ1) is 12.8. The molecule has 1 saturated heterocycles. The minimum Gasteiger partial charge on any atom is -0.481 e. The molecule has 0 aromatic heterocycles. The number of ether oxygens (including phenoxy) is 2. The molecule has 2 fully saturated rings. The van der Waals surface area contributed by atoms with Crippen LogP contribution in [0.3, 0.4) is 0 Å². The lowest BCUT2D eigenvalue weighted by Crippen LogP contribution is -2.59. The second-order valence-corrected chi connectivity index (χ2v) is 7.03. The largest absolute Gasteiger partial charge is 0.481 e. The minimum absolute atomic E-state index is 0.00443. The summed E-state index contributed by atoms with van der Waals surface area (Å²) in [6.45, 7) is -0.353. The van der Waals surface area contributed by atoms with Gasteiger partial charge < -0.3 is 35.0 Å². The van der Waals surface area contributed by atoms with Crippen molar-refractivity contribution >= 4 is 11.8 Å². The van der Waals surface area contributed by atoms with Crippen molar-refractivity contribution in [1.82, 2.24) is 0 Å². The highest BCUT2D eigenvalue weighted by atomic mass is 16.7. The van der Waals surface area contributed by atoms with Crippen molar-refractivity contribution in [2.75, 3.05) is 13.2 Å². The maximum Gasteiger partial charge on any atom is 0.303 e. The van der Waals surface area contributed by atoms with Gasteiger partial charge in [-0.25, -0.2) is 0 Å². The molecule has 1 heterocycles. The Hall–Kier alpha value is -1.36. The summed E-state index contributed by atoms with van der Waals surface area (Å²) in [5.41, 5.74) is 0. The highest BCUT2D eigenvalue weighted by Gasteiger charge is 2.43. The number of carbonyl (C=O) groups excluding carboxylic acids is 1. The van der Waals surface area contributed by atoms with E-state index in [-0.39, 0.29) is 30.6 Å². The Labute approximate surface area is 157 Å². The predicted octanol–water partition coefficient (Wildman–Crippen LogP) is -0.791. The first kappa shape index (κ1) is 21.9. The molecule has 1 saturated carbocycles. The molecule has 0 aromatic carbocycles. The number of Topliss-reactive ketones (excluding diaryl/α,β-unsaturated/α-hetero) is 1. The van der Waals surface area contributed by atoms with Gasteiger partial charge in [0.25, 0.3) is 0 Å². The zero-order valence-corrected chi connectivity index (χ0v) is 15.0. The van der Waals surface area contributed by atoms with E-state index in [2.05, 4.69) is 0 Å². The Balaban J connectivity index is 1.73. The molecular formula is C18H28O9. The van der Waals surface area contributed by atoms with Crippen LogP contribution in [0.4, 0.5) is 0 Å². The van der Waals surface area contributed by atoms with Crippen LogP contribution in [0.1, 0.15) is 32.1 Å². The summed E-state index contributed by atoms with van der Waals surface area (Å²) in [5.74, 6) is -1.17. The quantitative estimate of drug-likeness (QED) is 0.252. The van der Waals surface area contributed by atoms with Gasteiger partial charge in [-0.2, -0.15) is 0 Å². The second kappa shape index (κ2) is 10.3. The molecule has 1 aliphatic carbocycles. The van der Waals surface area contributed by atoms with E-state index in [1.54, 1.807) is 6.08 Å². The summed E-state index contributed by atoms with van der Waals surface area (Å²) < 4.78 is 10.6. The predicted molar refractivity (Wildman–Crippen MR) is 91.6 cm³/mol. The van der Waals surface area contributed by atoms with Crippen LogP contribution in [-0.2, 0) is 19.1 Å². The molecule has 0 amide bonds. The van der Waals surface area contributed by atoms with Gasteiger partial charge in [-0.3, -0.25) is 9.59 Å². The van der Waals surface area contributed by atoms with Crippen LogP contribution < -0.4 is 0 Å². The van der Waals surface area contributed by atoms with E-state index in [1.807, 2.05) is 6.08 Å². The summed E-state index contributed by atoms with van der Waals surface area (Å²) in [6.07, 6.45) is -0.898. The molecule has 0 radical (unpaired) electrons. The number of hydrogen-bond acceptors (Lipinski definition) is 8. The van der Waals surface area contributed by atoms with Gasteiger partial charge in [0.15, 0.2) is 6.29 Å². The SMILES string of the molecule is O=C(O)C[C@H]1CCC(=O)[C@H]1C/C=C\CCO[C@@H]1O[C@H](CO)C(O)C(O)C1O. The molecular weight excluding hydrogens is 360 g/mol. The van der Waals surface area contributed by atoms with Gasteiger partial charge >= 0.3 is 5.97 Å². The molecule has 27 heavy (non-hydrogen) atoms. The van der Waals surface area contributed by atoms with Crippen molar-refractivity contribution in [3.05, 3.63) is 12.2 Å². The Kier molecular flexibility index (Phi) is 8.33. The van der Waals surface area contributed by atoms with Gasteiger partial charge in [-0.1, -0.05) is 12.2 Å². The van der Waals surface area contributed by atoms with E-state index >= 15 is 0 Å². The molecule has 9 nitrogen and oxygen atoms in total. The Morgan fingerprint density at radius 2 is 1.93 bits per heavy atom. The average molecular weight is 388 g/mol. The van der Waals surface area contributed by atoms with Gasteiger partial charge in [-0.05, 0) is 25.2 Å². The first-order valence-electron chi connectivity index (χ1n) is 9.16. The highest BCUT2D eigenvalue weighted by molar-refractivity contribution is 5.84. The molecule has 0 spiro atoms. The monoisotopic (exact) mass is 388 g/mol. The van der Waals surface area contributed by atoms with Crippen LogP contribution in [0.2, 0.25) is 0 Å². The molecule has 3 unspecified atom stereocenters. The van der Waals surface area contributed by atoms with Crippen LogP contribution in [0.25, 0.3) is 0 Å². The van der Waals surface area contributed by atoms with Gasteiger partial charge in [0.2, 0.25) is 0 Å². The summed E-state index contributed by atoms with van der Waals surface area (Å²) in [5, 5.41) is 47.3. The third-order valence-corrected chi connectivity index (χ3v) is 5.15. The van der Waals surface area contributed by atoms with Crippen molar-refractivity contribution in [1.29, 1.82) is 0 Å². The standard InChI is InChI=1S/C18H28O9/c19-9-13-15(23)16(24)17(25)18(27-13)26-7-3-1-2-4-11-10(8-14(21)22)5-6-12(11)20/h1-2,10-11,13,15-19,23-25H,3-9H2,(H,21,22)/b2-1-/t10-,11+,13-,15?,16?,17?,18-/m1/s1. The molecule has 0 aromatic rings. The number of aliphatic hydroxyl groups excluding tert-OH is 4. The zero-order valence-electron chi connectivity index (χ0n) is 15.0. The fraction of sp³-hybridized carbons (Fsp3) is 0.778. The fourth-order valence-corrected chi connectivity index (χ4v) is 3.59. The fourth-order valence-electron chi connectivity index (χ4n) is 3.59. The maximum absolute atomic E-state index is 11.9. The number of carboxylic acid groups (broad SMARTS) is 1. The summed E-state index contributed by atoms with van der Waals surface area (Å²) in [6, 6.07) is 0. The number of hydrogen-bond donors (Lipinski definition) is 5. The number of ketones is 1.